The number of carboxylic acids is 1. The molecule has 9 nitrogen and oxygen atoms in total. The average molecular weight is 491 g/mol. The van der Waals surface area contributed by atoms with E-state index in [2.05, 4.69) is 13.8 Å². The number of aromatic hydroxyl groups is 1. The van der Waals surface area contributed by atoms with Crippen molar-refractivity contribution in [1.82, 2.24) is 0 Å². The predicted octanol–water partition coefficient (Wildman–Crippen LogP) is 4.29. The fourth-order valence-electron chi connectivity index (χ4n) is 3.70. The van der Waals surface area contributed by atoms with Crippen LogP contribution in [0.1, 0.15) is 48.2 Å². The van der Waals surface area contributed by atoms with E-state index in [0.717, 1.165) is 6.42 Å². The Morgan fingerprint density at radius 1 is 0.857 bits per heavy atom. The lowest BCUT2D eigenvalue weighted by atomic mass is 9.94. The molecule has 2 rings (SSSR count). The Hall–Kier alpha value is -3.62. The Bertz CT molecular complexity index is 1020. The van der Waals surface area contributed by atoms with Crippen LogP contribution in [0.5, 0.6) is 34.5 Å². The molecule has 0 unspecified atom stereocenters. The van der Waals surface area contributed by atoms with E-state index in [0.29, 0.717) is 35.6 Å². The van der Waals surface area contributed by atoms with Gasteiger partial charge in [-0.1, -0.05) is 13.8 Å². The summed E-state index contributed by atoms with van der Waals surface area (Å²) < 4.78 is 27.0. The fourth-order valence-corrected chi connectivity index (χ4v) is 3.70. The quantitative estimate of drug-likeness (QED) is 0.374. The molecule has 0 saturated carbocycles. The Labute approximate surface area is 205 Å². The highest BCUT2D eigenvalue weighted by atomic mass is 16.5. The van der Waals surface area contributed by atoms with E-state index in [-0.39, 0.29) is 46.5 Å². The van der Waals surface area contributed by atoms with Crippen LogP contribution in [0.2, 0.25) is 0 Å². The molecule has 0 aliphatic rings. The van der Waals surface area contributed by atoms with Crippen molar-refractivity contribution in [3.05, 3.63) is 34.9 Å². The maximum Gasteiger partial charge on any atom is 0.341 e. The van der Waals surface area contributed by atoms with Crippen molar-refractivity contribution in [3.8, 4) is 34.5 Å². The molecular formula is C26H34O9. The van der Waals surface area contributed by atoms with Gasteiger partial charge in [0, 0.05) is 18.1 Å². The van der Waals surface area contributed by atoms with Gasteiger partial charge < -0.3 is 33.9 Å². The fraction of sp³-hybridized carbons (Fsp3) is 0.462. The highest BCUT2D eigenvalue weighted by Gasteiger charge is 2.26. The van der Waals surface area contributed by atoms with E-state index >= 15 is 0 Å². The van der Waals surface area contributed by atoms with Gasteiger partial charge in [0.25, 0.3) is 0 Å². The smallest absolute Gasteiger partial charge is 0.341 e. The molecule has 9 heteroatoms. The number of ketones is 1. The third-order valence-corrected chi connectivity index (χ3v) is 5.52. The molecule has 0 aliphatic carbocycles. The standard InChI is InChI=1S/C26H34O9/c1-15(2)7-9-17-19(31-3)13-20(32-4)24(26(17)35-14-23(28)29)18(27)10-8-16-11-21(33-5)25(30)22(12-16)34-6/h11-13,15,30H,7-10,14H2,1-6H3,(H,28,29). The number of phenols is 1. The van der Waals surface area contributed by atoms with Crippen molar-refractivity contribution in [2.45, 2.75) is 39.5 Å². The zero-order valence-electron chi connectivity index (χ0n) is 21.1. The first-order chi connectivity index (χ1) is 16.7. The van der Waals surface area contributed by atoms with Crippen LogP contribution in [0, 0.1) is 5.92 Å². The SMILES string of the molecule is COc1cc(CCC(=O)c2c(OC)cc(OC)c(CCC(C)C)c2OCC(=O)O)cc(OC)c1O. The molecular weight excluding hydrogens is 456 g/mol. The zero-order valence-corrected chi connectivity index (χ0v) is 21.1. The van der Waals surface area contributed by atoms with Crippen LogP contribution in [-0.4, -0.2) is 57.0 Å². The molecule has 0 fully saturated rings. The van der Waals surface area contributed by atoms with Gasteiger partial charge in [0.15, 0.2) is 23.9 Å². The monoisotopic (exact) mass is 490 g/mol. The summed E-state index contributed by atoms with van der Waals surface area (Å²) >= 11 is 0. The van der Waals surface area contributed by atoms with Crippen molar-refractivity contribution in [1.29, 1.82) is 0 Å². The molecule has 0 aromatic heterocycles. The summed E-state index contributed by atoms with van der Waals surface area (Å²) in [6, 6.07) is 4.89. The summed E-state index contributed by atoms with van der Waals surface area (Å²) in [6.07, 6.45) is 1.69. The summed E-state index contributed by atoms with van der Waals surface area (Å²) in [5, 5.41) is 19.4. The molecule has 2 aromatic carbocycles. The number of aryl methyl sites for hydroxylation is 1. The molecule has 0 aliphatic heterocycles. The van der Waals surface area contributed by atoms with Crippen LogP contribution in [0.3, 0.4) is 0 Å². The second-order valence-electron chi connectivity index (χ2n) is 8.35. The lowest BCUT2D eigenvalue weighted by Crippen LogP contribution is -2.16. The third kappa shape index (κ3) is 6.94. The minimum absolute atomic E-state index is 0.0623. The van der Waals surface area contributed by atoms with E-state index in [1.165, 1.54) is 28.4 Å². The van der Waals surface area contributed by atoms with Gasteiger partial charge in [-0.3, -0.25) is 4.79 Å². The van der Waals surface area contributed by atoms with Gasteiger partial charge in [-0.15, -0.1) is 0 Å². The molecule has 0 saturated heterocycles. The minimum Gasteiger partial charge on any atom is -0.502 e. The van der Waals surface area contributed by atoms with Crippen molar-refractivity contribution >= 4 is 11.8 Å². The number of carbonyl (C=O) groups is 2. The van der Waals surface area contributed by atoms with Crippen LogP contribution in [0.15, 0.2) is 18.2 Å². The number of hydrogen-bond donors (Lipinski definition) is 2. The van der Waals surface area contributed by atoms with Crippen molar-refractivity contribution in [2.24, 2.45) is 5.92 Å². The topological polar surface area (TPSA) is 121 Å². The second-order valence-corrected chi connectivity index (χ2v) is 8.35. The Kier molecular flexibility index (Phi) is 10.1. The lowest BCUT2D eigenvalue weighted by Gasteiger charge is -2.21. The van der Waals surface area contributed by atoms with Crippen LogP contribution in [0.4, 0.5) is 0 Å². The zero-order chi connectivity index (χ0) is 26.1. The number of hydrogen-bond acceptors (Lipinski definition) is 8. The number of methoxy groups -OCH3 is 4. The van der Waals surface area contributed by atoms with Crippen molar-refractivity contribution in [2.75, 3.05) is 35.0 Å². The van der Waals surface area contributed by atoms with E-state index in [1.54, 1.807) is 18.2 Å². The number of ether oxygens (including phenoxy) is 5. The number of rotatable bonds is 14. The Balaban J connectivity index is 2.50. The van der Waals surface area contributed by atoms with Crippen molar-refractivity contribution < 1.29 is 43.5 Å². The van der Waals surface area contributed by atoms with Crippen LogP contribution in [0.25, 0.3) is 0 Å². The minimum atomic E-state index is -1.16. The molecule has 2 N–H and O–H groups in total. The van der Waals surface area contributed by atoms with E-state index in [9.17, 15) is 19.8 Å². The number of benzene rings is 2. The van der Waals surface area contributed by atoms with Crippen molar-refractivity contribution in [3.63, 3.8) is 0 Å². The Morgan fingerprint density at radius 3 is 1.91 bits per heavy atom. The number of aliphatic carboxylic acids is 1. The maximum atomic E-state index is 13.5. The first-order valence-corrected chi connectivity index (χ1v) is 11.3. The molecule has 0 spiro atoms. The van der Waals surface area contributed by atoms with Gasteiger partial charge in [-0.2, -0.15) is 0 Å². The van der Waals surface area contributed by atoms with Crippen LogP contribution >= 0.6 is 0 Å². The molecule has 192 valence electrons. The Morgan fingerprint density at radius 2 is 1.43 bits per heavy atom. The number of carboxylic acid groups (broad SMARTS) is 1. The maximum absolute atomic E-state index is 13.5. The average Bonchev–Trinajstić information content (AvgIpc) is 2.84. The molecule has 35 heavy (non-hydrogen) atoms. The van der Waals surface area contributed by atoms with E-state index < -0.39 is 12.6 Å². The van der Waals surface area contributed by atoms with Gasteiger partial charge in [0.1, 0.15) is 22.8 Å². The van der Waals surface area contributed by atoms with Gasteiger partial charge in [-0.05, 0) is 42.9 Å². The van der Waals surface area contributed by atoms with Crippen LogP contribution in [-0.2, 0) is 17.6 Å². The largest absolute Gasteiger partial charge is 0.502 e. The summed E-state index contributed by atoms with van der Waals surface area (Å²) in [6.45, 7) is 3.53. The van der Waals surface area contributed by atoms with Gasteiger partial charge >= 0.3 is 5.97 Å². The van der Waals surface area contributed by atoms with Crippen LogP contribution < -0.4 is 23.7 Å². The highest BCUT2D eigenvalue weighted by molar-refractivity contribution is 6.02. The first-order valence-electron chi connectivity index (χ1n) is 11.3. The molecule has 2 aromatic rings. The summed E-state index contributed by atoms with van der Waals surface area (Å²) in [4.78, 5) is 24.8. The normalized spacial score (nSPS) is 10.7. The first kappa shape index (κ1) is 27.6. The summed E-state index contributed by atoms with van der Waals surface area (Å²) in [5.74, 6) is 0.119. The van der Waals surface area contributed by atoms with E-state index in [1.807, 2.05) is 0 Å². The summed E-state index contributed by atoms with van der Waals surface area (Å²) in [7, 11) is 5.78. The second kappa shape index (κ2) is 12.7. The number of carbonyl (C=O) groups excluding carboxylic acids is 1. The summed E-state index contributed by atoms with van der Waals surface area (Å²) in [5.41, 5.74) is 1.51. The molecule has 0 atom stereocenters. The molecule has 0 heterocycles. The lowest BCUT2D eigenvalue weighted by molar-refractivity contribution is -0.139. The highest BCUT2D eigenvalue weighted by Crippen LogP contribution is 2.42. The number of Topliss-reactive ketones (excluding diaryl/α,β-unsaturated/α-hetero) is 1. The van der Waals surface area contributed by atoms with E-state index in [4.69, 9.17) is 23.7 Å². The van der Waals surface area contributed by atoms with Gasteiger partial charge in [-0.25, -0.2) is 4.79 Å². The van der Waals surface area contributed by atoms with Gasteiger partial charge in [0.2, 0.25) is 5.75 Å². The molecule has 0 radical (unpaired) electrons. The number of phenolic OH excluding ortho intramolecular Hbond substituents is 1. The third-order valence-electron chi connectivity index (χ3n) is 5.52. The van der Waals surface area contributed by atoms with Gasteiger partial charge in [0.05, 0.1) is 28.4 Å². The molecule has 0 amide bonds. The predicted molar refractivity (Wildman–Crippen MR) is 130 cm³/mol. The molecule has 0 bridgehead atoms.